The molecule has 1 aliphatic carbocycles. The summed E-state index contributed by atoms with van der Waals surface area (Å²) in [5.41, 5.74) is 0.0971. The number of nitrogens with one attached hydrogen (secondary N) is 1. The minimum atomic E-state index is -0.740. The molecule has 0 aliphatic heterocycles. The molecule has 4 nitrogen and oxygen atoms in total. The summed E-state index contributed by atoms with van der Waals surface area (Å²) in [6, 6.07) is 0.122. The Hall–Kier alpha value is -1.06. The summed E-state index contributed by atoms with van der Waals surface area (Å²) in [5, 5.41) is 12.0. The Morgan fingerprint density at radius 3 is 2.48 bits per heavy atom. The number of carbonyl (C=O) groups excluding carboxylic acids is 1. The van der Waals surface area contributed by atoms with Crippen LogP contribution < -0.4 is 5.32 Å². The normalized spacial score (nSPS) is 24.1. The molecule has 0 saturated heterocycles. The van der Waals surface area contributed by atoms with Gasteiger partial charge in [0.1, 0.15) is 0 Å². The first kappa shape index (κ1) is 18.0. The van der Waals surface area contributed by atoms with E-state index in [9.17, 15) is 9.59 Å². The maximum absolute atomic E-state index is 12.4. The largest absolute Gasteiger partial charge is 0.481 e. The molecule has 1 saturated carbocycles. The molecule has 21 heavy (non-hydrogen) atoms. The molecule has 1 amide bonds. The van der Waals surface area contributed by atoms with Crippen molar-refractivity contribution in [3.63, 3.8) is 0 Å². The highest BCUT2D eigenvalue weighted by Gasteiger charge is 2.37. The van der Waals surface area contributed by atoms with Gasteiger partial charge in [-0.25, -0.2) is 0 Å². The van der Waals surface area contributed by atoms with E-state index in [1.54, 1.807) is 6.92 Å². The Kier molecular flexibility index (Phi) is 6.69. The summed E-state index contributed by atoms with van der Waals surface area (Å²) in [4.78, 5) is 23.2. The molecule has 1 fully saturated rings. The molecule has 4 heteroatoms. The molecule has 0 spiro atoms. The van der Waals surface area contributed by atoms with Crippen molar-refractivity contribution >= 4 is 11.9 Å². The number of carboxylic acid groups (broad SMARTS) is 1. The number of carbonyl (C=O) groups is 2. The Balaban J connectivity index is 2.35. The van der Waals surface area contributed by atoms with Crippen LogP contribution in [0.25, 0.3) is 0 Å². The zero-order valence-corrected chi connectivity index (χ0v) is 13.9. The lowest BCUT2D eigenvalue weighted by Crippen LogP contribution is -2.44. The zero-order chi connectivity index (χ0) is 16.0. The second-order valence-electron chi connectivity index (χ2n) is 7.37. The van der Waals surface area contributed by atoms with Gasteiger partial charge in [-0.2, -0.15) is 0 Å². The molecule has 1 rings (SSSR count). The summed E-state index contributed by atoms with van der Waals surface area (Å²) in [6.45, 7) is 8.13. The van der Waals surface area contributed by atoms with Crippen LogP contribution in [0.15, 0.2) is 0 Å². The van der Waals surface area contributed by atoms with Crippen molar-refractivity contribution in [2.75, 3.05) is 0 Å². The Bertz CT molecular complexity index is 365. The van der Waals surface area contributed by atoms with E-state index >= 15 is 0 Å². The van der Waals surface area contributed by atoms with Gasteiger partial charge in [-0.05, 0) is 38.0 Å². The number of aliphatic carboxylic acids is 1. The predicted molar refractivity (Wildman–Crippen MR) is 84.0 cm³/mol. The maximum atomic E-state index is 12.4. The van der Waals surface area contributed by atoms with Gasteiger partial charge in [0.2, 0.25) is 5.91 Å². The van der Waals surface area contributed by atoms with E-state index in [0.717, 1.165) is 32.1 Å². The molecular weight excluding hydrogens is 266 g/mol. The van der Waals surface area contributed by atoms with Gasteiger partial charge < -0.3 is 10.4 Å². The first-order valence-electron chi connectivity index (χ1n) is 8.27. The molecule has 1 aliphatic rings. The summed E-state index contributed by atoms with van der Waals surface area (Å²) >= 11 is 0. The number of carboxylic acids is 1. The summed E-state index contributed by atoms with van der Waals surface area (Å²) in [5.74, 6) is -0.744. The molecule has 0 aromatic heterocycles. The van der Waals surface area contributed by atoms with Crippen molar-refractivity contribution < 1.29 is 14.7 Å². The fraction of sp³-hybridized carbons (Fsp3) is 0.882. The summed E-state index contributed by atoms with van der Waals surface area (Å²) in [6.07, 6.45) is 6.83. The molecule has 0 aromatic carbocycles. The van der Waals surface area contributed by atoms with E-state index in [4.69, 9.17) is 5.11 Å². The average molecular weight is 297 g/mol. The van der Waals surface area contributed by atoms with E-state index in [1.807, 2.05) is 6.92 Å². The number of hydrogen-bond donors (Lipinski definition) is 2. The van der Waals surface area contributed by atoms with Crippen LogP contribution in [-0.4, -0.2) is 23.0 Å². The monoisotopic (exact) mass is 297 g/mol. The molecule has 122 valence electrons. The maximum Gasteiger partial charge on any atom is 0.306 e. The van der Waals surface area contributed by atoms with Crippen LogP contribution in [0.2, 0.25) is 0 Å². The van der Waals surface area contributed by atoms with Crippen molar-refractivity contribution in [1.29, 1.82) is 0 Å². The van der Waals surface area contributed by atoms with Crippen molar-refractivity contribution in [2.24, 2.45) is 17.3 Å². The fourth-order valence-electron chi connectivity index (χ4n) is 3.25. The number of amides is 1. The van der Waals surface area contributed by atoms with E-state index in [2.05, 4.69) is 19.2 Å². The second-order valence-corrected chi connectivity index (χ2v) is 7.37. The average Bonchev–Trinajstić information content (AvgIpc) is 2.37. The Morgan fingerprint density at radius 1 is 1.24 bits per heavy atom. The van der Waals surface area contributed by atoms with Crippen LogP contribution in [0.3, 0.4) is 0 Å². The Labute approximate surface area is 128 Å². The number of hydrogen-bond acceptors (Lipinski definition) is 2. The van der Waals surface area contributed by atoms with Crippen molar-refractivity contribution in [3.8, 4) is 0 Å². The Morgan fingerprint density at radius 2 is 1.90 bits per heavy atom. The molecule has 3 unspecified atom stereocenters. The van der Waals surface area contributed by atoms with Crippen LogP contribution in [0.4, 0.5) is 0 Å². The van der Waals surface area contributed by atoms with Crippen LogP contribution in [0.1, 0.15) is 72.6 Å². The third kappa shape index (κ3) is 5.68. The van der Waals surface area contributed by atoms with Crippen LogP contribution in [0.5, 0.6) is 0 Å². The predicted octanol–water partition coefficient (Wildman–Crippen LogP) is 3.60. The highest BCUT2D eigenvalue weighted by molar-refractivity contribution is 5.79. The van der Waals surface area contributed by atoms with Crippen molar-refractivity contribution in [2.45, 2.75) is 78.7 Å². The highest BCUT2D eigenvalue weighted by atomic mass is 16.4. The van der Waals surface area contributed by atoms with Crippen LogP contribution in [-0.2, 0) is 9.59 Å². The zero-order valence-electron chi connectivity index (χ0n) is 13.9. The fourth-order valence-corrected chi connectivity index (χ4v) is 3.25. The molecule has 0 aromatic rings. The topological polar surface area (TPSA) is 66.4 Å². The first-order valence-corrected chi connectivity index (χ1v) is 8.27. The summed E-state index contributed by atoms with van der Waals surface area (Å²) < 4.78 is 0. The van der Waals surface area contributed by atoms with Crippen LogP contribution >= 0.6 is 0 Å². The lowest BCUT2D eigenvalue weighted by atomic mass is 9.68. The lowest BCUT2D eigenvalue weighted by Gasteiger charge is -2.38. The number of rotatable bonds is 7. The molecule has 0 radical (unpaired) electrons. The minimum absolute atomic E-state index is 0.0971. The molecular formula is C17H31NO3. The third-order valence-corrected chi connectivity index (χ3v) is 4.91. The van der Waals surface area contributed by atoms with Crippen LogP contribution in [0, 0.1) is 17.3 Å². The van der Waals surface area contributed by atoms with E-state index in [0.29, 0.717) is 6.42 Å². The van der Waals surface area contributed by atoms with Gasteiger partial charge in [-0.1, -0.05) is 40.0 Å². The standard InChI is InChI=1S/C17H31NO3/c1-12(16(20)21)8-7-9-13(2)18-15(19)14-10-5-6-11-17(14,3)4/h12-14H,5-11H2,1-4H3,(H,18,19)(H,20,21). The van der Waals surface area contributed by atoms with Gasteiger partial charge in [0.25, 0.3) is 0 Å². The van der Waals surface area contributed by atoms with Gasteiger partial charge in [0.15, 0.2) is 0 Å². The van der Waals surface area contributed by atoms with E-state index in [-0.39, 0.29) is 29.2 Å². The van der Waals surface area contributed by atoms with E-state index in [1.165, 1.54) is 6.42 Å². The highest BCUT2D eigenvalue weighted by Crippen LogP contribution is 2.40. The van der Waals surface area contributed by atoms with Gasteiger partial charge in [0, 0.05) is 12.0 Å². The quantitative estimate of drug-likeness (QED) is 0.754. The van der Waals surface area contributed by atoms with Gasteiger partial charge in [-0.15, -0.1) is 0 Å². The third-order valence-electron chi connectivity index (χ3n) is 4.91. The molecule has 0 heterocycles. The van der Waals surface area contributed by atoms with Gasteiger partial charge in [0.05, 0.1) is 5.92 Å². The van der Waals surface area contributed by atoms with Gasteiger partial charge in [-0.3, -0.25) is 9.59 Å². The lowest BCUT2D eigenvalue weighted by molar-refractivity contribution is -0.141. The molecule has 0 bridgehead atoms. The first-order chi connectivity index (χ1) is 9.74. The van der Waals surface area contributed by atoms with E-state index < -0.39 is 5.97 Å². The molecule has 2 N–H and O–H groups in total. The SMILES string of the molecule is CC(CCCC(C)C(=O)O)NC(=O)C1CCCCC1(C)C. The van der Waals surface area contributed by atoms with Crippen molar-refractivity contribution in [1.82, 2.24) is 5.32 Å². The summed E-state index contributed by atoms with van der Waals surface area (Å²) in [7, 11) is 0. The van der Waals surface area contributed by atoms with Gasteiger partial charge >= 0.3 is 5.97 Å². The van der Waals surface area contributed by atoms with Crippen molar-refractivity contribution in [3.05, 3.63) is 0 Å². The minimum Gasteiger partial charge on any atom is -0.481 e. The molecule has 3 atom stereocenters. The smallest absolute Gasteiger partial charge is 0.306 e. The second kappa shape index (κ2) is 7.81.